The molecule has 3 aliphatic heterocycles. The van der Waals surface area contributed by atoms with Crippen molar-refractivity contribution in [3.8, 4) is 0 Å². The van der Waals surface area contributed by atoms with E-state index in [1.54, 1.807) is 0 Å². The van der Waals surface area contributed by atoms with Crippen LogP contribution in [0.2, 0.25) is 0 Å². The lowest BCUT2D eigenvalue weighted by Crippen LogP contribution is -2.64. The molecule has 4 heterocycles. The summed E-state index contributed by atoms with van der Waals surface area (Å²) in [5, 5.41) is 10.9. The van der Waals surface area contributed by atoms with Gasteiger partial charge in [0.1, 0.15) is 11.0 Å². The fourth-order valence-corrected chi connectivity index (χ4v) is 6.13. The molecule has 2 aromatic rings. The first kappa shape index (κ1) is 19.0. The minimum atomic E-state index is 0.163. The minimum absolute atomic E-state index is 0.163. The Bertz CT molecular complexity index is 877. The van der Waals surface area contributed by atoms with Gasteiger partial charge in [0.25, 0.3) is 5.91 Å². The van der Waals surface area contributed by atoms with Gasteiger partial charge in [0.2, 0.25) is 0 Å². The molecule has 0 aliphatic carbocycles. The van der Waals surface area contributed by atoms with Crippen molar-refractivity contribution in [2.24, 2.45) is 17.8 Å². The van der Waals surface area contributed by atoms with Gasteiger partial charge in [0.05, 0.1) is 0 Å². The van der Waals surface area contributed by atoms with Gasteiger partial charge in [-0.15, -0.1) is 0 Å². The van der Waals surface area contributed by atoms with Gasteiger partial charge in [-0.1, -0.05) is 20.3 Å². The fourth-order valence-electron chi connectivity index (χ4n) is 6.13. The summed E-state index contributed by atoms with van der Waals surface area (Å²) in [5.74, 6) is 2.15. The van der Waals surface area contributed by atoms with Crippen LogP contribution < -0.4 is 0 Å². The Balaban J connectivity index is 1.38. The van der Waals surface area contributed by atoms with Crippen LogP contribution in [0.3, 0.4) is 0 Å². The highest BCUT2D eigenvalue weighted by molar-refractivity contribution is 5.97. The van der Waals surface area contributed by atoms with E-state index in [1.165, 1.54) is 45.1 Å². The Morgan fingerprint density at radius 3 is 2.86 bits per heavy atom. The van der Waals surface area contributed by atoms with E-state index in [0.717, 1.165) is 35.6 Å². The molecule has 6 heteroatoms. The molecule has 3 saturated heterocycles. The SMILES string of the molecule is CC(C)CC[C@H]1[C@H]2C[C@H](CN(C(=O)c3ccc4n[nH]nc4c3)C2)[C@@H]2CCCCN21. The molecule has 1 amide bonds. The van der Waals surface area contributed by atoms with Crippen LogP contribution in [0, 0.1) is 17.8 Å². The largest absolute Gasteiger partial charge is 0.338 e. The van der Waals surface area contributed by atoms with Crippen LogP contribution in [-0.4, -0.2) is 62.8 Å². The zero-order chi connectivity index (χ0) is 20.0. The molecule has 1 aromatic heterocycles. The van der Waals surface area contributed by atoms with Gasteiger partial charge in [0.15, 0.2) is 0 Å². The highest BCUT2D eigenvalue weighted by atomic mass is 16.2. The normalized spacial score (nSPS) is 30.0. The lowest BCUT2D eigenvalue weighted by Gasteiger charge is -2.57. The number of aromatic nitrogens is 3. The van der Waals surface area contributed by atoms with Crippen molar-refractivity contribution in [3.63, 3.8) is 0 Å². The van der Waals surface area contributed by atoms with Gasteiger partial charge in [-0.3, -0.25) is 9.69 Å². The number of hydrogen-bond acceptors (Lipinski definition) is 4. The van der Waals surface area contributed by atoms with Crippen molar-refractivity contribution in [2.45, 2.75) is 64.5 Å². The first-order chi connectivity index (χ1) is 14.1. The monoisotopic (exact) mass is 395 g/mol. The summed E-state index contributed by atoms with van der Waals surface area (Å²) in [7, 11) is 0. The number of H-pyrrole nitrogens is 1. The zero-order valence-electron chi connectivity index (χ0n) is 17.7. The molecule has 5 rings (SSSR count). The van der Waals surface area contributed by atoms with E-state index >= 15 is 0 Å². The number of piperidine rings is 3. The molecule has 1 aromatic carbocycles. The van der Waals surface area contributed by atoms with Gasteiger partial charge >= 0.3 is 0 Å². The number of nitrogens with one attached hydrogen (secondary N) is 1. The van der Waals surface area contributed by atoms with Crippen LogP contribution in [0.4, 0.5) is 0 Å². The summed E-state index contributed by atoms with van der Waals surface area (Å²) >= 11 is 0. The number of hydrogen-bond donors (Lipinski definition) is 1. The molecule has 0 saturated carbocycles. The molecule has 0 spiro atoms. The molecule has 6 nitrogen and oxygen atoms in total. The first-order valence-electron chi connectivity index (χ1n) is 11.5. The number of benzene rings is 1. The van der Waals surface area contributed by atoms with Crippen molar-refractivity contribution in [1.29, 1.82) is 0 Å². The molecule has 4 atom stereocenters. The van der Waals surface area contributed by atoms with Crippen molar-refractivity contribution in [1.82, 2.24) is 25.2 Å². The van der Waals surface area contributed by atoms with Crippen LogP contribution in [0.1, 0.15) is 62.7 Å². The average molecular weight is 396 g/mol. The predicted molar refractivity (Wildman–Crippen MR) is 114 cm³/mol. The van der Waals surface area contributed by atoms with Crippen LogP contribution in [-0.2, 0) is 0 Å². The maximum absolute atomic E-state index is 13.4. The van der Waals surface area contributed by atoms with E-state index in [2.05, 4.69) is 39.1 Å². The van der Waals surface area contributed by atoms with Gasteiger partial charge < -0.3 is 4.90 Å². The quantitative estimate of drug-likeness (QED) is 0.857. The van der Waals surface area contributed by atoms with Crippen molar-refractivity contribution in [2.75, 3.05) is 19.6 Å². The average Bonchev–Trinajstić information content (AvgIpc) is 3.20. The topological polar surface area (TPSA) is 65.1 Å². The molecule has 0 unspecified atom stereocenters. The maximum Gasteiger partial charge on any atom is 0.253 e. The summed E-state index contributed by atoms with van der Waals surface area (Å²) in [4.78, 5) is 18.4. The smallest absolute Gasteiger partial charge is 0.253 e. The van der Waals surface area contributed by atoms with Crippen LogP contribution >= 0.6 is 0 Å². The van der Waals surface area contributed by atoms with Crippen molar-refractivity contribution >= 4 is 16.9 Å². The van der Waals surface area contributed by atoms with Crippen molar-refractivity contribution in [3.05, 3.63) is 23.8 Å². The van der Waals surface area contributed by atoms with Crippen LogP contribution in [0.25, 0.3) is 11.0 Å². The van der Waals surface area contributed by atoms with Crippen molar-refractivity contribution < 1.29 is 4.79 Å². The third-order valence-electron chi connectivity index (χ3n) is 7.51. The second-order valence-electron chi connectivity index (χ2n) is 9.83. The lowest BCUT2D eigenvalue weighted by molar-refractivity contribution is -0.0681. The number of amides is 1. The zero-order valence-corrected chi connectivity index (χ0v) is 17.7. The number of aromatic amines is 1. The Labute approximate surface area is 173 Å². The highest BCUT2D eigenvalue weighted by Gasteiger charge is 2.47. The first-order valence-corrected chi connectivity index (χ1v) is 11.5. The predicted octanol–water partition coefficient (Wildman–Crippen LogP) is 3.71. The summed E-state index contributed by atoms with van der Waals surface area (Å²) in [5.41, 5.74) is 2.32. The number of carbonyl (C=O) groups excluding carboxylic acids is 1. The highest BCUT2D eigenvalue weighted by Crippen LogP contribution is 2.43. The summed E-state index contributed by atoms with van der Waals surface area (Å²) < 4.78 is 0. The fraction of sp³-hybridized carbons (Fsp3) is 0.696. The van der Waals surface area contributed by atoms with Gasteiger partial charge in [-0.05, 0) is 74.6 Å². The third kappa shape index (κ3) is 3.56. The number of nitrogens with zero attached hydrogens (tertiary/aromatic N) is 4. The second kappa shape index (κ2) is 7.71. The Hall–Kier alpha value is -1.95. The van der Waals surface area contributed by atoms with E-state index < -0.39 is 0 Å². The lowest BCUT2D eigenvalue weighted by atomic mass is 9.71. The maximum atomic E-state index is 13.4. The molecule has 29 heavy (non-hydrogen) atoms. The van der Waals surface area contributed by atoms with E-state index in [4.69, 9.17) is 0 Å². The van der Waals surface area contributed by atoms with E-state index in [9.17, 15) is 4.79 Å². The number of rotatable bonds is 4. The summed E-state index contributed by atoms with van der Waals surface area (Å²) in [6.07, 6.45) is 7.85. The van der Waals surface area contributed by atoms with Gasteiger partial charge in [-0.2, -0.15) is 15.4 Å². The molecular formula is C23H33N5O. The standard InChI is InChI=1S/C23H33N5O/c1-15(2)6-9-22-18-11-17(21-5-3-4-10-28(21)22)13-27(14-18)23(29)16-7-8-19-20(12-16)25-26-24-19/h7-8,12,15,17-18,21-22H,3-6,9-11,13-14H2,1-2H3,(H,24,25,26)/t17-,18+,21+,22+/m1/s1. The number of fused-ring (bicyclic) bond motifs is 5. The molecule has 2 bridgehead atoms. The Morgan fingerprint density at radius 2 is 2.00 bits per heavy atom. The van der Waals surface area contributed by atoms with Crippen LogP contribution in [0.5, 0.6) is 0 Å². The molecule has 0 radical (unpaired) electrons. The van der Waals surface area contributed by atoms with E-state index in [0.29, 0.717) is 23.9 Å². The van der Waals surface area contributed by atoms with E-state index in [-0.39, 0.29) is 5.91 Å². The number of likely N-dealkylation sites (tertiary alicyclic amines) is 1. The van der Waals surface area contributed by atoms with E-state index in [1.807, 2.05) is 18.2 Å². The molecule has 3 fully saturated rings. The Kier molecular flexibility index (Phi) is 5.06. The van der Waals surface area contributed by atoms with Gasteiger partial charge in [-0.25, -0.2) is 0 Å². The minimum Gasteiger partial charge on any atom is -0.338 e. The number of carbonyl (C=O) groups is 1. The molecule has 3 aliphatic rings. The second-order valence-corrected chi connectivity index (χ2v) is 9.83. The van der Waals surface area contributed by atoms with Crippen LogP contribution in [0.15, 0.2) is 18.2 Å². The third-order valence-corrected chi connectivity index (χ3v) is 7.51. The molecule has 1 N–H and O–H groups in total. The van der Waals surface area contributed by atoms with Gasteiger partial charge in [0, 0.05) is 30.7 Å². The summed E-state index contributed by atoms with van der Waals surface area (Å²) in [6, 6.07) is 7.00. The Morgan fingerprint density at radius 1 is 1.17 bits per heavy atom. The molecular weight excluding hydrogens is 362 g/mol. The summed E-state index contributed by atoms with van der Waals surface area (Å²) in [6.45, 7) is 7.73. The molecule has 156 valence electrons.